The molecular formula is C14H20N4S. The number of anilines is 2. The van der Waals surface area contributed by atoms with Crippen LogP contribution in [-0.2, 0) is 0 Å². The van der Waals surface area contributed by atoms with Crippen LogP contribution >= 0.6 is 11.3 Å². The molecule has 0 saturated carbocycles. The van der Waals surface area contributed by atoms with Gasteiger partial charge in [-0.05, 0) is 45.5 Å². The van der Waals surface area contributed by atoms with Gasteiger partial charge in [0.25, 0.3) is 0 Å². The fraction of sp³-hybridized carbons (Fsp3) is 0.500. The number of likely N-dealkylation sites (N-methyl/N-ethyl adjacent to an activating group) is 1. The molecule has 4 nitrogen and oxygen atoms in total. The van der Waals surface area contributed by atoms with Gasteiger partial charge in [-0.15, -0.1) is 11.3 Å². The Hall–Kier alpha value is -1.33. The molecular weight excluding hydrogens is 256 g/mol. The molecule has 1 atom stereocenters. The predicted molar refractivity (Wildman–Crippen MR) is 82.9 cm³/mol. The van der Waals surface area contributed by atoms with E-state index in [0.29, 0.717) is 6.04 Å². The van der Waals surface area contributed by atoms with Crippen LogP contribution in [0.5, 0.6) is 0 Å². The summed E-state index contributed by atoms with van der Waals surface area (Å²) in [5, 5.41) is 4.57. The van der Waals surface area contributed by atoms with Gasteiger partial charge in [-0.1, -0.05) is 0 Å². The van der Waals surface area contributed by atoms with E-state index in [4.69, 9.17) is 5.73 Å². The Labute approximate surface area is 117 Å². The van der Waals surface area contributed by atoms with Crippen LogP contribution in [0.3, 0.4) is 0 Å². The summed E-state index contributed by atoms with van der Waals surface area (Å²) in [6, 6.07) is 4.72. The summed E-state index contributed by atoms with van der Waals surface area (Å²) in [6.07, 6.45) is 2.56. The van der Waals surface area contributed by atoms with Gasteiger partial charge in [-0.25, -0.2) is 4.98 Å². The van der Waals surface area contributed by atoms with Crippen LogP contribution in [-0.4, -0.2) is 36.1 Å². The van der Waals surface area contributed by atoms with E-state index in [0.717, 1.165) is 28.4 Å². The van der Waals surface area contributed by atoms with Gasteiger partial charge in [0.1, 0.15) is 0 Å². The van der Waals surface area contributed by atoms with Crippen LogP contribution in [0.2, 0.25) is 0 Å². The third kappa shape index (κ3) is 2.53. The first kappa shape index (κ1) is 12.7. The maximum Gasteiger partial charge on any atom is 0.0907 e. The fourth-order valence-corrected chi connectivity index (χ4v) is 3.58. The SMILES string of the molecule is Cc1nc2cc(NCC3CCCN3C)c(N)cc2s1. The molecule has 102 valence electrons. The van der Waals surface area contributed by atoms with Gasteiger partial charge in [0.2, 0.25) is 0 Å². The number of rotatable bonds is 3. The molecule has 1 saturated heterocycles. The molecule has 5 heteroatoms. The van der Waals surface area contributed by atoms with Crippen LogP contribution in [0.15, 0.2) is 12.1 Å². The van der Waals surface area contributed by atoms with E-state index in [-0.39, 0.29) is 0 Å². The third-order valence-electron chi connectivity index (χ3n) is 3.87. The largest absolute Gasteiger partial charge is 0.397 e. The second-order valence-electron chi connectivity index (χ2n) is 5.30. The minimum Gasteiger partial charge on any atom is -0.397 e. The van der Waals surface area contributed by atoms with Crippen LogP contribution in [0.1, 0.15) is 17.8 Å². The lowest BCUT2D eigenvalue weighted by molar-refractivity contribution is 0.322. The fourth-order valence-electron chi connectivity index (χ4n) is 2.72. The summed E-state index contributed by atoms with van der Waals surface area (Å²) < 4.78 is 1.17. The lowest BCUT2D eigenvalue weighted by Gasteiger charge is -2.20. The number of fused-ring (bicyclic) bond motifs is 1. The maximum atomic E-state index is 6.12. The Balaban J connectivity index is 1.78. The molecule has 1 unspecified atom stereocenters. The molecule has 0 bridgehead atoms. The van der Waals surface area contributed by atoms with Crippen LogP contribution in [0.25, 0.3) is 10.2 Å². The Morgan fingerprint density at radius 2 is 2.37 bits per heavy atom. The number of thiazole rings is 1. The highest BCUT2D eigenvalue weighted by molar-refractivity contribution is 7.18. The minimum atomic E-state index is 0.618. The topological polar surface area (TPSA) is 54.2 Å². The number of nitrogens with two attached hydrogens (primary N) is 1. The minimum absolute atomic E-state index is 0.618. The Morgan fingerprint density at radius 3 is 3.11 bits per heavy atom. The van der Waals surface area contributed by atoms with Crippen molar-refractivity contribution in [2.75, 3.05) is 31.2 Å². The molecule has 1 aromatic carbocycles. The second-order valence-corrected chi connectivity index (χ2v) is 6.53. The normalized spacial score (nSPS) is 20.2. The average molecular weight is 276 g/mol. The van der Waals surface area contributed by atoms with Gasteiger partial charge in [0.15, 0.2) is 0 Å². The molecule has 3 N–H and O–H groups in total. The van der Waals surface area contributed by atoms with Gasteiger partial charge in [-0.2, -0.15) is 0 Å². The highest BCUT2D eigenvalue weighted by atomic mass is 32.1. The van der Waals surface area contributed by atoms with E-state index in [1.54, 1.807) is 11.3 Å². The summed E-state index contributed by atoms with van der Waals surface area (Å²) in [4.78, 5) is 6.93. The second kappa shape index (κ2) is 4.98. The lowest BCUT2D eigenvalue weighted by atomic mass is 10.2. The van der Waals surface area contributed by atoms with Gasteiger partial charge >= 0.3 is 0 Å². The molecule has 1 aliphatic heterocycles. The molecule has 1 aromatic heterocycles. The number of likely N-dealkylation sites (tertiary alicyclic amines) is 1. The highest BCUT2D eigenvalue weighted by Crippen LogP contribution is 2.30. The van der Waals surface area contributed by atoms with E-state index < -0.39 is 0 Å². The number of hydrogen-bond acceptors (Lipinski definition) is 5. The van der Waals surface area contributed by atoms with Crippen molar-refractivity contribution in [2.45, 2.75) is 25.8 Å². The van der Waals surface area contributed by atoms with Gasteiger partial charge in [0.05, 0.1) is 26.6 Å². The monoisotopic (exact) mass is 276 g/mol. The first-order valence-corrected chi connectivity index (χ1v) is 7.56. The zero-order valence-corrected chi connectivity index (χ0v) is 12.3. The number of hydrogen-bond donors (Lipinski definition) is 2. The predicted octanol–water partition coefficient (Wildman–Crippen LogP) is 2.69. The molecule has 2 aromatic rings. The number of nitrogens with zero attached hydrogens (tertiary/aromatic N) is 2. The van der Waals surface area contributed by atoms with Gasteiger partial charge in [0, 0.05) is 12.6 Å². The molecule has 0 amide bonds. The third-order valence-corrected chi connectivity index (χ3v) is 4.80. The molecule has 0 aliphatic carbocycles. The quantitative estimate of drug-likeness (QED) is 0.846. The van der Waals surface area contributed by atoms with Gasteiger partial charge < -0.3 is 16.0 Å². The Kier molecular flexibility index (Phi) is 3.33. The first-order valence-electron chi connectivity index (χ1n) is 6.74. The molecule has 2 heterocycles. The van der Waals surface area contributed by atoms with Crippen molar-refractivity contribution >= 4 is 32.9 Å². The Morgan fingerprint density at radius 1 is 1.53 bits per heavy atom. The molecule has 1 fully saturated rings. The smallest absolute Gasteiger partial charge is 0.0907 e. The lowest BCUT2D eigenvalue weighted by Crippen LogP contribution is -2.31. The molecule has 3 rings (SSSR count). The molecule has 19 heavy (non-hydrogen) atoms. The first-order chi connectivity index (χ1) is 9.13. The highest BCUT2D eigenvalue weighted by Gasteiger charge is 2.20. The van der Waals surface area contributed by atoms with Crippen LogP contribution < -0.4 is 11.1 Å². The maximum absolute atomic E-state index is 6.12. The summed E-state index contributed by atoms with van der Waals surface area (Å²) >= 11 is 1.69. The van der Waals surface area contributed by atoms with Crippen LogP contribution in [0.4, 0.5) is 11.4 Å². The standard InChI is InChI=1S/C14H20N4S/c1-9-17-13-7-12(11(15)6-14(13)19-9)16-8-10-4-3-5-18(10)2/h6-7,10,16H,3-5,8,15H2,1-2H3. The van der Waals surface area contributed by atoms with Gasteiger partial charge in [-0.3, -0.25) is 0 Å². The van der Waals surface area contributed by atoms with Crippen molar-refractivity contribution in [1.29, 1.82) is 0 Å². The molecule has 0 radical (unpaired) electrons. The van der Waals surface area contributed by atoms with E-state index >= 15 is 0 Å². The molecule has 0 spiro atoms. The van der Waals surface area contributed by atoms with E-state index in [9.17, 15) is 0 Å². The zero-order chi connectivity index (χ0) is 13.4. The van der Waals surface area contributed by atoms with Crippen molar-refractivity contribution < 1.29 is 0 Å². The van der Waals surface area contributed by atoms with Crippen molar-refractivity contribution in [3.8, 4) is 0 Å². The number of aromatic nitrogens is 1. The number of nitrogen functional groups attached to an aromatic ring is 1. The molecule has 1 aliphatic rings. The van der Waals surface area contributed by atoms with Crippen molar-refractivity contribution in [3.63, 3.8) is 0 Å². The van der Waals surface area contributed by atoms with Crippen molar-refractivity contribution in [3.05, 3.63) is 17.1 Å². The van der Waals surface area contributed by atoms with Crippen molar-refractivity contribution in [2.24, 2.45) is 0 Å². The van der Waals surface area contributed by atoms with Crippen molar-refractivity contribution in [1.82, 2.24) is 9.88 Å². The van der Waals surface area contributed by atoms with E-state index in [2.05, 4.69) is 28.3 Å². The summed E-state index contributed by atoms with van der Waals surface area (Å²) in [6.45, 7) is 4.18. The van der Waals surface area contributed by atoms with E-state index in [1.807, 2.05) is 13.0 Å². The van der Waals surface area contributed by atoms with Crippen LogP contribution in [0, 0.1) is 6.92 Å². The zero-order valence-electron chi connectivity index (χ0n) is 11.4. The Bertz CT molecular complexity index is 592. The average Bonchev–Trinajstić information content (AvgIpc) is 2.91. The van der Waals surface area contributed by atoms with E-state index in [1.165, 1.54) is 24.1 Å². The number of nitrogens with one attached hydrogen (secondary N) is 1. The number of aryl methyl sites for hydroxylation is 1. The summed E-state index contributed by atoms with van der Waals surface area (Å²) in [7, 11) is 2.19. The summed E-state index contributed by atoms with van der Waals surface area (Å²) in [5.41, 5.74) is 8.99. The number of benzene rings is 1. The summed E-state index contributed by atoms with van der Waals surface area (Å²) in [5.74, 6) is 0.